The molecule has 2 rings (SSSR count). The van der Waals surface area contributed by atoms with Gasteiger partial charge in [0.05, 0.1) is 30.5 Å². The maximum absolute atomic E-state index is 9.89. The quantitative estimate of drug-likeness (QED) is 0.722. The molecule has 1 fully saturated rings. The molecule has 1 heterocycles. The van der Waals surface area contributed by atoms with E-state index in [2.05, 4.69) is 17.2 Å². The van der Waals surface area contributed by atoms with E-state index < -0.39 is 6.10 Å². The topological polar surface area (TPSA) is 54.4 Å². The zero-order chi connectivity index (χ0) is 14.4. The zero-order valence-electron chi connectivity index (χ0n) is 12.5. The Kier molecular flexibility index (Phi) is 6.42. The largest absolute Gasteiger partial charge is 0.389 e. The summed E-state index contributed by atoms with van der Waals surface area (Å²) in [5, 5.41) is 13.3. The van der Waals surface area contributed by atoms with Crippen LogP contribution < -0.4 is 5.32 Å². The first-order valence-corrected chi connectivity index (χ1v) is 8.41. The van der Waals surface area contributed by atoms with E-state index in [0.717, 1.165) is 18.0 Å². The van der Waals surface area contributed by atoms with Crippen LogP contribution in [0.4, 0.5) is 0 Å². The number of ether oxygens (including phenoxy) is 1. The van der Waals surface area contributed by atoms with Gasteiger partial charge in [-0.15, -0.1) is 11.3 Å². The summed E-state index contributed by atoms with van der Waals surface area (Å²) >= 11 is 1.67. The number of hydrogen-bond donors (Lipinski definition) is 2. The van der Waals surface area contributed by atoms with Crippen LogP contribution in [0.5, 0.6) is 0 Å². The first-order chi connectivity index (χ1) is 9.65. The van der Waals surface area contributed by atoms with Crippen LogP contribution in [0.15, 0.2) is 5.51 Å². The third-order valence-corrected chi connectivity index (χ3v) is 4.96. The van der Waals surface area contributed by atoms with Crippen LogP contribution >= 0.6 is 11.3 Å². The fourth-order valence-corrected chi connectivity index (χ4v) is 3.47. The van der Waals surface area contributed by atoms with Gasteiger partial charge in [0.1, 0.15) is 0 Å². The highest BCUT2D eigenvalue weighted by Gasteiger charge is 2.21. The van der Waals surface area contributed by atoms with E-state index in [1.54, 1.807) is 11.3 Å². The molecule has 0 spiro atoms. The molecule has 20 heavy (non-hydrogen) atoms. The van der Waals surface area contributed by atoms with Crippen LogP contribution in [-0.4, -0.2) is 42.0 Å². The number of aryl methyl sites for hydroxylation is 1. The SMILES string of the molecule is Cc1ncsc1CCOCC(O)CNC1CCC(C)C1. The molecule has 0 aliphatic heterocycles. The van der Waals surface area contributed by atoms with Gasteiger partial charge in [-0.25, -0.2) is 4.98 Å². The van der Waals surface area contributed by atoms with Gasteiger partial charge < -0.3 is 15.2 Å². The second-order valence-electron chi connectivity index (χ2n) is 5.86. The van der Waals surface area contributed by atoms with Crippen molar-refractivity contribution < 1.29 is 9.84 Å². The van der Waals surface area contributed by atoms with Gasteiger partial charge in [-0.2, -0.15) is 0 Å². The lowest BCUT2D eigenvalue weighted by Crippen LogP contribution is -2.36. The maximum Gasteiger partial charge on any atom is 0.0897 e. The minimum absolute atomic E-state index is 0.409. The molecule has 5 heteroatoms. The van der Waals surface area contributed by atoms with Crippen molar-refractivity contribution in [3.05, 3.63) is 16.1 Å². The number of thiazole rings is 1. The molecule has 114 valence electrons. The molecular formula is C15H26N2O2S. The third-order valence-electron chi connectivity index (χ3n) is 3.97. The van der Waals surface area contributed by atoms with E-state index in [0.29, 0.717) is 25.8 Å². The van der Waals surface area contributed by atoms with E-state index in [-0.39, 0.29) is 0 Å². The van der Waals surface area contributed by atoms with Crippen molar-refractivity contribution in [3.8, 4) is 0 Å². The minimum atomic E-state index is -0.409. The van der Waals surface area contributed by atoms with Gasteiger partial charge in [0.2, 0.25) is 0 Å². The molecule has 1 aliphatic rings. The predicted octanol–water partition coefficient (Wildman–Crippen LogP) is 2.15. The maximum atomic E-state index is 9.89. The van der Waals surface area contributed by atoms with Crippen molar-refractivity contribution in [2.75, 3.05) is 19.8 Å². The second kappa shape index (κ2) is 8.08. The number of aliphatic hydroxyl groups excluding tert-OH is 1. The van der Waals surface area contributed by atoms with Crippen molar-refractivity contribution >= 4 is 11.3 Å². The fourth-order valence-electron chi connectivity index (χ4n) is 2.70. The van der Waals surface area contributed by atoms with Crippen molar-refractivity contribution in [1.82, 2.24) is 10.3 Å². The molecule has 3 atom stereocenters. The highest BCUT2D eigenvalue weighted by atomic mass is 32.1. The van der Waals surface area contributed by atoms with Gasteiger partial charge >= 0.3 is 0 Å². The van der Waals surface area contributed by atoms with Crippen LogP contribution in [0.25, 0.3) is 0 Å². The van der Waals surface area contributed by atoms with Gasteiger partial charge in [0.15, 0.2) is 0 Å². The first-order valence-electron chi connectivity index (χ1n) is 7.53. The van der Waals surface area contributed by atoms with Crippen LogP contribution in [0.2, 0.25) is 0 Å². The molecule has 3 unspecified atom stereocenters. The Bertz CT molecular complexity index is 397. The van der Waals surface area contributed by atoms with E-state index in [1.807, 2.05) is 12.4 Å². The first kappa shape index (κ1) is 15.9. The monoisotopic (exact) mass is 298 g/mol. The average Bonchev–Trinajstić information content (AvgIpc) is 3.01. The minimum Gasteiger partial charge on any atom is -0.389 e. The van der Waals surface area contributed by atoms with E-state index in [4.69, 9.17) is 4.74 Å². The molecule has 1 aliphatic carbocycles. The summed E-state index contributed by atoms with van der Waals surface area (Å²) < 4.78 is 5.55. The van der Waals surface area contributed by atoms with Gasteiger partial charge in [-0.05, 0) is 32.1 Å². The molecule has 1 aromatic heterocycles. The van der Waals surface area contributed by atoms with Crippen LogP contribution in [0.3, 0.4) is 0 Å². The number of aliphatic hydroxyl groups is 1. The van der Waals surface area contributed by atoms with E-state index in [9.17, 15) is 5.11 Å². The highest BCUT2D eigenvalue weighted by molar-refractivity contribution is 7.09. The van der Waals surface area contributed by atoms with Crippen LogP contribution in [-0.2, 0) is 11.2 Å². The average molecular weight is 298 g/mol. The lowest BCUT2D eigenvalue weighted by Gasteiger charge is -2.16. The fraction of sp³-hybridized carbons (Fsp3) is 0.800. The zero-order valence-corrected chi connectivity index (χ0v) is 13.3. The van der Waals surface area contributed by atoms with Gasteiger partial charge in [0, 0.05) is 23.9 Å². The molecule has 4 nitrogen and oxygen atoms in total. The number of rotatable bonds is 8. The molecule has 1 saturated carbocycles. The van der Waals surface area contributed by atoms with Crippen LogP contribution in [0.1, 0.15) is 36.8 Å². The molecule has 0 aromatic carbocycles. The van der Waals surface area contributed by atoms with Crippen LogP contribution in [0, 0.1) is 12.8 Å². The molecular weight excluding hydrogens is 272 g/mol. The normalized spacial score (nSPS) is 24.1. The van der Waals surface area contributed by atoms with Crippen molar-refractivity contribution in [1.29, 1.82) is 0 Å². The highest BCUT2D eigenvalue weighted by Crippen LogP contribution is 2.24. The third kappa shape index (κ3) is 5.13. The number of aromatic nitrogens is 1. The van der Waals surface area contributed by atoms with E-state index in [1.165, 1.54) is 24.1 Å². The summed E-state index contributed by atoms with van der Waals surface area (Å²) in [4.78, 5) is 5.49. The van der Waals surface area contributed by atoms with Crippen molar-refractivity contribution in [3.63, 3.8) is 0 Å². The molecule has 2 N–H and O–H groups in total. The van der Waals surface area contributed by atoms with Crippen molar-refractivity contribution in [2.45, 2.75) is 51.7 Å². The Hall–Kier alpha value is -0.490. The molecule has 1 aromatic rings. The lowest BCUT2D eigenvalue weighted by molar-refractivity contribution is 0.0371. The molecule has 0 amide bonds. The summed E-state index contributed by atoms with van der Waals surface area (Å²) in [7, 11) is 0. The molecule has 0 saturated heterocycles. The summed E-state index contributed by atoms with van der Waals surface area (Å²) in [5.74, 6) is 0.823. The number of nitrogens with one attached hydrogen (secondary N) is 1. The summed E-state index contributed by atoms with van der Waals surface area (Å²) in [6.07, 6.45) is 4.25. The Morgan fingerprint density at radius 3 is 3.05 bits per heavy atom. The summed E-state index contributed by atoms with van der Waals surface area (Å²) in [5.41, 5.74) is 2.96. The molecule has 0 radical (unpaired) electrons. The molecule has 0 bridgehead atoms. The Labute approximate surface area is 125 Å². The van der Waals surface area contributed by atoms with Crippen molar-refractivity contribution in [2.24, 2.45) is 5.92 Å². The Balaban J connectivity index is 1.52. The number of nitrogens with zero attached hydrogens (tertiary/aromatic N) is 1. The predicted molar refractivity (Wildman–Crippen MR) is 82.2 cm³/mol. The Morgan fingerprint density at radius 2 is 2.40 bits per heavy atom. The summed E-state index contributed by atoms with van der Waals surface area (Å²) in [6, 6.07) is 0.583. The van der Waals surface area contributed by atoms with Gasteiger partial charge in [-0.1, -0.05) is 6.92 Å². The summed E-state index contributed by atoms with van der Waals surface area (Å²) in [6.45, 7) is 6.01. The standard InChI is InChI=1S/C15H26N2O2S/c1-11-3-4-13(7-11)16-8-14(18)9-19-6-5-15-12(2)17-10-20-15/h10-11,13-14,16,18H,3-9H2,1-2H3. The smallest absolute Gasteiger partial charge is 0.0897 e. The van der Waals surface area contributed by atoms with Gasteiger partial charge in [-0.3, -0.25) is 0 Å². The number of hydrogen-bond acceptors (Lipinski definition) is 5. The van der Waals surface area contributed by atoms with E-state index >= 15 is 0 Å². The Morgan fingerprint density at radius 1 is 1.55 bits per heavy atom. The second-order valence-corrected chi connectivity index (χ2v) is 6.80. The lowest BCUT2D eigenvalue weighted by atomic mass is 10.1. The van der Waals surface area contributed by atoms with Gasteiger partial charge in [0.25, 0.3) is 0 Å².